The number of thioether (sulfide) groups is 1. The van der Waals surface area contributed by atoms with Gasteiger partial charge in [0.2, 0.25) is 0 Å². The number of carboxylic acids is 1. The van der Waals surface area contributed by atoms with E-state index in [0.717, 1.165) is 17.0 Å². The molecule has 0 spiro atoms. The molecule has 3 rings (SSSR count). The first-order valence-corrected chi connectivity index (χ1v) is 7.62. The Bertz CT molecular complexity index is 709. The van der Waals surface area contributed by atoms with Crippen LogP contribution in [0.3, 0.4) is 0 Å². The van der Waals surface area contributed by atoms with Crippen molar-refractivity contribution in [1.82, 2.24) is 0 Å². The molecule has 102 valence electrons. The van der Waals surface area contributed by atoms with Crippen molar-refractivity contribution in [3.05, 3.63) is 47.5 Å². The Labute approximate surface area is 121 Å². The fraction of sp³-hybridized carbons (Fsp3) is 0.250. The number of hydrogen-bond donors (Lipinski definition) is 1. The summed E-state index contributed by atoms with van der Waals surface area (Å²) < 4.78 is 0. The van der Waals surface area contributed by atoms with E-state index in [1.807, 2.05) is 6.07 Å². The molecule has 20 heavy (non-hydrogen) atoms. The van der Waals surface area contributed by atoms with Crippen LogP contribution in [0.15, 0.2) is 41.4 Å². The Hall–Kier alpha value is -1.81. The lowest BCUT2D eigenvalue weighted by atomic mass is 10.0. The summed E-state index contributed by atoms with van der Waals surface area (Å²) in [5.41, 5.74) is 2.33. The van der Waals surface area contributed by atoms with Gasteiger partial charge in [0, 0.05) is 11.3 Å². The molecule has 0 bridgehead atoms. The zero-order valence-electron chi connectivity index (χ0n) is 11.2. The van der Waals surface area contributed by atoms with Gasteiger partial charge in [0.05, 0.1) is 5.04 Å². The van der Waals surface area contributed by atoms with E-state index in [1.165, 1.54) is 28.1 Å². The standard InChI is InChI=1S/C16H15NO2S/c1-2-10-3-4-12-8-13(6-5-11(12)7-10)15-17-14(9-20-15)16(18)19/h3-8,14H,2,9H2,1H3,(H,18,19). The van der Waals surface area contributed by atoms with Crippen LogP contribution in [0.25, 0.3) is 10.8 Å². The van der Waals surface area contributed by atoms with Crippen molar-refractivity contribution < 1.29 is 9.90 Å². The van der Waals surface area contributed by atoms with Crippen molar-refractivity contribution in [2.45, 2.75) is 19.4 Å². The van der Waals surface area contributed by atoms with Crippen LogP contribution in [-0.4, -0.2) is 27.9 Å². The zero-order valence-corrected chi connectivity index (χ0v) is 12.0. The molecule has 1 aliphatic heterocycles. The quantitative estimate of drug-likeness (QED) is 0.941. The number of benzene rings is 2. The average Bonchev–Trinajstić information content (AvgIpc) is 2.96. The Morgan fingerprint density at radius 2 is 2.05 bits per heavy atom. The topological polar surface area (TPSA) is 49.7 Å². The molecule has 0 radical (unpaired) electrons. The third-order valence-electron chi connectivity index (χ3n) is 3.50. The SMILES string of the molecule is CCc1ccc2cc(C3=NC(C(=O)O)CS3)ccc2c1. The fourth-order valence-corrected chi connectivity index (χ4v) is 3.33. The Balaban J connectivity index is 1.98. The Morgan fingerprint density at radius 1 is 1.30 bits per heavy atom. The van der Waals surface area contributed by atoms with E-state index in [4.69, 9.17) is 5.11 Å². The van der Waals surface area contributed by atoms with Crippen molar-refractivity contribution in [1.29, 1.82) is 0 Å². The largest absolute Gasteiger partial charge is 0.480 e. The maximum absolute atomic E-state index is 10.9. The number of rotatable bonds is 3. The molecule has 3 nitrogen and oxygen atoms in total. The summed E-state index contributed by atoms with van der Waals surface area (Å²) in [5, 5.41) is 12.2. The third kappa shape index (κ3) is 2.43. The number of hydrogen-bond acceptors (Lipinski definition) is 3. The molecule has 0 aromatic heterocycles. The van der Waals surface area contributed by atoms with E-state index >= 15 is 0 Å². The predicted octanol–water partition coefficient (Wildman–Crippen LogP) is 3.35. The molecule has 1 atom stereocenters. The monoisotopic (exact) mass is 285 g/mol. The van der Waals surface area contributed by atoms with E-state index in [9.17, 15) is 4.79 Å². The summed E-state index contributed by atoms with van der Waals surface area (Å²) in [6, 6.07) is 12.0. The highest BCUT2D eigenvalue weighted by Crippen LogP contribution is 2.26. The summed E-state index contributed by atoms with van der Waals surface area (Å²) >= 11 is 1.52. The van der Waals surface area contributed by atoms with Gasteiger partial charge in [-0.15, -0.1) is 11.8 Å². The first-order chi connectivity index (χ1) is 9.67. The first-order valence-electron chi connectivity index (χ1n) is 6.64. The average molecular weight is 285 g/mol. The summed E-state index contributed by atoms with van der Waals surface area (Å²) in [5.74, 6) is -0.321. The summed E-state index contributed by atoms with van der Waals surface area (Å²) in [6.45, 7) is 2.14. The number of carboxylic acid groups (broad SMARTS) is 1. The van der Waals surface area contributed by atoms with Crippen LogP contribution in [0.2, 0.25) is 0 Å². The minimum Gasteiger partial charge on any atom is -0.480 e. The second-order valence-electron chi connectivity index (χ2n) is 4.85. The van der Waals surface area contributed by atoms with Gasteiger partial charge >= 0.3 is 5.97 Å². The number of nitrogens with zero attached hydrogens (tertiary/aromatic N) is 1. The molecule has 1 N–H and O–H groups in total. The molecular formula is C16H15NO2S. The minimum atomic E-state index is -0.846. The molecule has 1 aliphatic rings. The lowest BCUT2D eigenvalue weighted by molar-refractivity contribution is -0.137. The van der Waals surface area contributed by atoms with Gasteiger partial charge in [0.25, 0.3) is 0 Å². The summed E-state index contributed by atoms with van der Waals surface area (Å²) in [4.78, 5) is 15.2. The van der Waals surface area contributed by atoms with Crippen LogP contribution in [0.4, 0.5) is 0 Å². The Kier molecular flexibility index (Phi) is 3.49. The van der Waals surface area contributed by atoms with Crippen LogP contribution in [0, 0.1) is 0 Å². The van der Waals surface area contributed by atoms with E-state index in [-0.39, 0.29) is 0 Å². The molecule has 0 saturated carbocycles. The lowest BCUT2D eigenvalue weighted by Gasteiger charge is -2.04. The van der Waals surface area contributed by atoms with Gasteiger partial charge in [-0.25, -0.2) is 4.79 Å². The number of fused-ring (bicyclic) bond motifs is 1. The molecule has 0 amide bonds. The predicted molar refractivity (Wildman–Crippen MR) is 83.7 cm³/mol. The van der Waals surface area contributed by atoms with Gasteiger partial charge in [-0.2, -0.15) is 0 Å². The van der Waals surface area contributed by atoms with E-state index < -0.39 is 12.0 Å². The summed E-state index contributed by atoms with van der Waals surface area (Å²) in [6.07, 6.45) is 1.03. The summed E-state index contributed by atoms with van der Waals surface area (Å²) in [7, 11) is 0. The molecule has 1 unspecified atom stereocenters. The Morgan fingerprint density at radius 3 is 2.75 bits per heavy atom. The van der Waals surface area contributed by atoms with Gasteiger partial charge in [-0.1, -0.05) is 37.3 Å². The maximum atomic E-state index is 10.9. The molecule has 2 aromatic rings. The number of carbonyl (C=O) groups is 1. The van der Waals surface area contributed by atoms with E-state index in [1.54, 1.807) is 0 Å². The minimum absolute atomic E-state index is 0.525. The molecule has 4 heteroatoms. The number of aryl methyl sites for hydroxylation is 1. The smallest absolute Gasteiger partial charge is 0.329 e. The highest BCUT2D eigenvalue weighted by molar-refractivity contribution is 8.14. The van der Waals surface area contributed by atoms with Crippen molar-refractivity contribution in [2.75, 3.05) is 5.75 Å². The van der Waals surface area contributed by atoms with Crippen molar-refractivity contribution >= 4 is 33.5 Å². The van der Waals surface area contributed by atoms with Gasteiger partial charge in [-0.05, 0) is 28.8 Å². The fourth-order valence-electron chi connectivity index (χ4n) is 2.31. The van der Waals surface area contributed by atoms with Crippen LogP contribution in [-0.2, 0) is 11.2 Å². The van der Waals surface area contributed by atoms with Crippen LogP contribution in [0.5, 0.6) is 0 Å². The maximum Gasteiger partial charge on any atom is 0.329 e. The first kappa shape index (κ1) is 13.2. The highest BCUT2D eigenvalue weighted by Gasteiger charge is 2.25. The van der Waals surface area contributed by atoms with E-state index in [0.29, 0.717) is 5.75 Å². The van der Waals surface area contributed by atoms with Crippen LogP contribution >= 0.6 is 11.8 Å². The van der Waals surface area contributed by atoms with Gasteiger partial charge in [0.1, 0.15) is 0 Å². The molecule has 1 heterocycles. The van der Waals surface area contributed by atoms with Gasteiger partial charge < -0.3 is 5.11 Å². The van der Waals surface area contributed by atoms with Gasteiger partial charge in [-0.3, -0.25) is 4.99 Å². The van der Waals surface area contributed by atoms with Crippen LogP contribution in [0.1, 0.15) is 18.1 Å². The molecule has 2 aromatic carbocycles. The van der Waals surface area contributed by atoms with Crippen molar-refractivity contribution in [2.24, 2.45) is 4.99 Å². The van der Waals surface area contributed by atoms with Crippen LogP contribution < -0.4 is 0 Å². The lowest BCUT2D eigenvalue weighted by Crippen LogP contribution is -2.17. The van der Waals surface area contributed by atoms with Crippen molar-refractivity contribution in [3.63, 3.8) is 0 Å². The molecular weight excluding hydrogens is 270 g/mol. The highest BCUT2D eigenvalue weighted by atomic mass is 32.2. The van der Waals surface area contributed by atoms with E-state index in [2.05, 4.69) is 42.2 Å². The van der Waals surface area contributed by atoms with Crippen molar-refractivity contribution in [3.8, 4) is 0 Å². The third-order valence-corrected chi connectivity index (χ3v) is 4.59. The second-order valence-corrected chi connectivity index (χ2v) is 5.86. The number of aliphatic carboxylic acids is 1. The normalized spacial score (nSPS) is 18.2. The molecule has 0 saturated heterocycles. The van der Waals surface area contributed by atoms with Gasteiger partial charge in [0.15, 0.2) is 6.04 Å². The molecule has 0 aliphatic carbocycles. The molecule has 0 fully saturated rings. The number of aliphatic imine (C=N–C) groups is 1. The second kappa shape index (κ2) is 5.29. The zero-order chi connectivity index (χ0) is 14.1.